The van der Waals surface area contributed by atoms with E-state index in [2.05, 4.69) is 9.98 Å². The van der Waals surface area contributed by atoms with Gasteiger partial charge in [0.15, 0.2) is 0 Å². The lowest BCUT2D eigenvalue weighted by Gasteiger charge is -2.23. The molecule has 0 aromatic rings. The summed E-state index contributed by atoms with van der Waals surface area (Å²) in [6.45, 7) is 2.00. The van der Waals surface area contributed by atoms with E-state index in [9.17, 15) is 4.79 Å². The highest BCUT2D eigenvalue weighted by atomic mass is 16.2. The van der Waals surface area contributed by atoms with E-state index in [1.807, 2.05) is 5.01 Å². The number of amides is 1. The van der Waals surface area contributed by atoms with Gasteiger partial charge in [-0.3, -0.25) is 19.8 Å². The molecule has 2 aliphatic rings. The van der Waals surface area contributed by atoms with E-state index in [-0.39, 0.29) is 5.91 Å². The van der Waals surface area contributed by atoms with Crippen LogP contribution in [0.5, 0.6) is 0 Å². The second kappa shape index (κ2) is 2.34. The summed E-state index contributed by atoms with van der Waals surface area (Å²) in [7, 11) is 0. The SMILES string of the molecule is O=C1CN(N2C=NCC2)C=N1. The summed E-state index contributed by atoms with van der Waals surface area (Å²) in [5.41, 5.74) is 0. The Morgan fingerprint density at radius 1 is 1.36 bits per heavy atom. The first kappa shape index (κ1) is 6.33. The molecule has 5 heteroatoms. The van der Waals surface area contributed by atoms with Crippen molar-refractivity contribution in [1.82, 2.24) is 10.0 Å². The molecule has 5 nitrogen and oxygen atoms in total. The van der Waals surface area contributed by atoms with Gasteiger partial charge in [-0.2, -0.15) is 0 Å². The summed E-state index contributed by atoms with van der Waals surface area (Å²) in [4.78, 5) is 18.3. The topological polar surface area (TPSA) is 48.3 Å². The summed E-state index contributed by atoms with van der Waals surface area (Å²) >= 11 is 0. The molecule has 2 rings (SSSR count). The number of hydrogen-bond acceptors (Lipinski definition) is 4. The minimum absolute atomic E-state index is 0.0923. The third-order valence-corrected chi connectivity index (χ3v) is 1.64. The summed E-state index contributed by atoms with van der Waals surface area (Å²) in [6, 6.07) is 0. The average Bonchev–Trinajstić information content (AvgIpc) is 2.55. The lowest BCUT2D eigenvalue weighted by atomic mass is 10.6. The molecule has 0 saturated carbocycles. The maximum absolute atomic E-state index is 10.7. The highest BCUT2D eigenvalue weighted by Gasteiger charge is 2.19. The molecule has 0 atom stereocenters. The molecular weight excluding hydrogens is 144 g/mol. The van der Waals surface area contributed by atoms with E-state index in [0.717, 1.165) is 13.1 Å². The van der Waals surface area contributed by atoms with Crippen LogP contribution in [-0.2, 0) is 4.79 Å². The van der Waals surface area contributed by atoms with Crippen molar-refractivity contribution in [3.63, 3.8) is 0 Å². The van der Waals surface area contributed by atoms with E-state index in [1.165, 1.54) is 0 Å². The molecule has 0 fully saturated rings. The van der Waals surface area contributed by atoms with E-state index in [0.29, 0.717) is 6.54 Å². The van der Waals surface area contributed by atoms with Gasteiger partial charge in [0.1, 0.15) is 19.2 Å². The number of carbonyl (C=O) groups excluding carboxylic acids is 1. The first-order valence-corrected chi connectivity index (χ1v) is 3.46. The van der Waals surface area contributed by atoms with Gasteiger partial charge in [-0.15, -0.1) is 0 Å². The molecule has 0 unspecified atom stereocenters. The van der Waals surface area contributed by atoms with Gasteiger partial charge in [-0.05, 0) is 0 Å². The molecule has 0 aromatic heterocycles. The lowest BCUT2D eigenvalue weighted by molar-refractivity contribution is -0.118. The van der Waals surface area contributed by atoms with Crippen molar-refractivity contribution in [3.05, 3.63) is 0 Å². The number of hydrazine groups is 1. The standard InChI is InChI=1S/C6H8N4O/c11-6-3-10(5-8-6)9-2-1-7-4-9/h4-5H,1-3H2. The Kier molecular flexibility index (Phi) is 1.34. The highest BCUT2D eigenvalue weighted by Crippen LogP contribution is 2.02. The van der Waals surface area contributed by atoms with Crippen molar-refractivity contribution in [2.45, 2.75) is 0 Å². The largest absolute Gasteiger partial charge is 0.272 e. The van der Waals surface area contributed by atoms with Gasteiger partial charge in [0.25, 0.3) is 5.91 Å². The van der Waals surface area contributed by atoms with Crippen LogP contribution in [0, 0.1) is 0 Å². The minimum atomic E-state index is -0.0923. The molecule has 1 amide bonds. The van der Waals surface area contributed by atoms with Crippen LogP contribution < -0.4 is 0 Å². The first-order valence-electron chi connectivity index (χ1n) is 3.46. The molecule has 0 radical (unpaired) electrons. The van der Waals surface area contributed by atoms with E-state index in [4.69, 9.17) is 0 Å². The predicted octanol–water partition coefficient (Wildman–Crippen LogP) is -0.884. The van der Waals surface area contributed by atoms with Crippen molar-refractivity contribution in [3.8, 4) is 0 Å². The molecule has 11 heavy (non-hydrogen) atoms. The van der Waals surface area contributed by atoms with Crippen molar-refractivity contribution in [2.75, 3.05) is 19.6 Å². The van der Waals surface area contributed by atoms with Gasteiger partial charge in [0.05, 0.1) is 13.1 Å². The zero-order chi connectivity index (χ0) is 7.68. The Labute approximate surface area is 64.0 Å². The van der Waals surface area contributed by atoms with Crippen LogP contribution in [0.1, 0.15) is 0 Å². The zero-order valence-corrected chi connectivity index (χ0v) is 5.97. The molecule has 0 bridgehead atoms. The summed E-state index contributed by atoms with van der Waals surface area (Å²) in [5, 5.41) is 3.65. The molecular formula is C6H8N4O. The van der Waals surface area contributed by atoms with Crippen LogP contribution in [0.3, 0.4) is 0 Å². The van der Waals surface area contributed by atoms with Gasteiger partial charge in [-0.25, -0.2) is 4.99 Å². The van der Waals surface area contributed by atoms with Crippen LogP contribution in [0.4, 0.5) is 0 Å². The van der Waals surface area contributed by atoms with Gasteiger partial charge >= 0.3 is 0 Å². The average molecular weight is 152 g/mol. The van der Waals surface area contributed by atoms with Crippen molar-refractivity contribution >= 4 is 18.6 Å². The fraction of sp³-hybridized carbons (Fsp3) is 0.500. The fourth-order valence-corrected chi connectivity index (χ4v) is 1.07. The minimum Gasteiger partial charge on any atom is -0.272 e. The smallest absolute Gasteiger partial charge is 0.268 e. The maximum atomic E-state index is 10.7. The van der Waals surface area contributed by atoms with Crippen molar-refractivity contribution in [1.29, 1.82) is 0 Å². The van der Waals surface area contributed by atoms with E-state index < -0.39 is 0 Å². The molecule has 0 spiro atoms. The molecule has 2 heterocycles. The van der Waals surface area contributed by atoms with Crippen LogP contribution in [0.15, 0.2) is 9.98 Å². The second-order valence-corrected chi connectivity index (χ2v) is 2.42. The van der Waals surface area contributed by atoms with Crippen molar-refractivity contribution < 1.29 is 4.79 Å². The predicted molar refractivity (Wildman–Crippen MR) is 40.3 cm³/mol. The van der Waals surface area contributed by atoms with Crippen LogP contribution in [0.2, 0.25) is 0 Å². The molecule has 2 aliphatic heterocycles. The lowest BCUT2D eigenvalue weighted by Crippen LogP contribution is -2.39. The second-order valence-electron chi connectivity index (χ2n) is 2.42. The maximum Gasteiger partial charge on any atom is 0.268 e. The van der Waals surface area contributed by atoms with Crippen molar-refractivity contribution in [2.24, 2.45) is 9.98 Å². The molecule has 58 valence electrons. The van der Waals surface area contributed by atoms with E-state index >= 15 is 0 Å². The Hall–Kier alpha value is -1.39. The summed E-state index contributed by atoms with van der Waals surface area (Å²) in [5.74, 6) is -0.0923. The van der Waals surface area contributed by atoms with Crippen LogP contribution in [0.25, 0.3) is 0 Å². The van der Waals surface area contributed by atoms with Gasteiger partial charge in [-0.1, -0.05) is 0 Å². The summed E-state index contributed by atoms with van der Waals surface area (Å²) in [6.07, 6.45) is 3.27. The normalized spacial score (nSPS) is 22.4. The van der Waals surface area contributed by atoms with Gasteiger partial charge < -0.3 is 0 Å². The Morgan fingerprint density at radius 2 is 2.27 bits per heavy atom. The Bertz CT molecular complexity index is 235. The summed E-state index contributed by atoms with van der Waals surface area (Å²) < 4.78 is 0. The number of carbonyl (C=O) groups is 1. The molecule has 0 saturated heterocycles. The zero-order valence-electron chi connectivity index (χ0n) is 5.97. The third-order valence-electron chi connectivity index (χ3n) is 1.64. The highest BCUT2D eigenvalue weighted by molar-refractivity contribution is 5.92. The Morgan fingerprint density at radius 3 is 2.82 bits per heavy atom. The molecule has 0 aliphatic carbocycles. The first-order chi connectivity index (χ1) is 5.36. The van der Waals surface area contributed by atoms with Crippen LogP contribution >= 0.6 is 0 Å². The number of rotatable bonds is 1. The van der Waals surface area contributed by atoms with E-state index in [1.54, 1.807) is 17.7 Å². The molecule has 0 N–H and O–H groups in total. The van der Waals surface area contributed by atoms with Gasteiger partial charge in [0, 0.05) is 0 Å². The van der Waals surface area contributed by atoms with Gasteiger partial charge in [0.2, 0.25) is 0 Å². The number of aliphatic imine (C=N–C) groups is 2. The Balaban J connectivity index is 2.01. The fourth-order valence-electron chi connectivity index (χ4n) is 1.07. The number of nitrogens with zero attached hydrogens (tertiary/aromatic N) is 4. The monoisotopic (exact) mass is 152 g/mol. The third kappa shape index (κ3) is 1.09. The number of hydrogen-bond donors (Lipinski definition) is 0. The van der Waals surface area contributed by atoms with Crippen LogP contribution in [-0.4, -0.2) is 48.2 Å². The quantitative estimate of drug-likeness (QED) is 0.490. The molecule has 0 aromatic carbocycles.